The Morgan fingerprint density at radius 2 is 2.00 bits per heavy atom. The van der Waals surface area contributed by atoms with Gasteiger partial charge in [-0.15, -0.1) is 0 Å². The van der Waals surface area contributed by atoms with Gasteiger partial charge in [0.25, 0.3) is 0 Å². The Bertz CT molecular complexity index is 512. The summed E-state index contributed by atoms with van der Waals surface area (Å²) >= 11 is 0. The van der Waals surface area contributed by atoms with Crippen LogP contribution in [-0.4, -0.2) is 69.6 Å². The molecule has 1 aromatic rings. The van der Waals surface area contributed by atoms with Crippen molar-refractivity contribution in [3.05, 3.63) is 30.1 Å². The lowest BCUT2D eigenvalue weighted by Crippen LogP contribution is -2.49. The summed E-state index contributed by atoms with van der Waals surface area (Å²) in [6, 6.07) is 6.43. The van der Waals surface area contributed by atoms with Crippen molar-refractivity contribution in [2.75, 3.05) is 57.4 Å². The van der Waals surface area contributed by atoms with E-state index in [0.717, 1.165) is 12.2 Å². The van der Waals surface area contributed by atoms with Crippen LogP contribution in [0.5, 0.6) is 0 Å². The number of benzene rings is 1. The first-order valence-corrected chi connectivity index (χ1v) is 7.97. The fourth-order valence-corrected chi connectivity index (χ4v) is 2.78. The van der Waals surface area contributed by atoms with E-state index in [4.69, 9.17) is 9.47 Å². The molecule has 0 aromatic heterocycles. The van der Waals surface area contributed by atoms with Crippen molar-refractivity contribution in [2.45, 2.75) is 6.10 Å². The first-order chi connectivity index (χ1) is 11.2. The van der Waals surface area contributed by atoms with Crippen molar-refractivity contribution < 1.29 is 18.7 Å². The molecule has 23 heavy (non-hydrogen) atoms. The zero-order chi connectivity index (χ0) is 16.1. The summed E-state index contributed by atoms with van der Waals surface area (Å²) in [5, 5.41) is 3.20. The largest absolute Gasteiger partial charge is 0.447 e. The highest BCUT2D eigenvalue weighted by atomic mass is 19.1. The van der Waals surface area contributed by atoms with Crippen LogP contribution in [0.25, 0.3) is 0 Å². The van der Waals surface area contributed by atoms with E-state index in [0.29, 0.717) is 39.3 Å². The number of anilines is 1. The highest BCUT2D eigenvalue weighted by Crippen LogP contribution is 2.17. The number of hydrogen-bond acceptors (Lipinski definition) is 5. The van der Waals surface area contributed by atoms with Crippen molar-refractivity contribution in [3.8, 4) is 0 Å². The van der Waals surface area contributed by atoms with E-state index < -0.39 is 0 Å². The molecule has 0 saturated carbocycles. The number of nitrogens with zero attached hydrogens (tertiary/aromatic N) is 2. The Balaban J connectivity index is 1.42. The van der Waals surface area contributed by atoms with Gasteiger partial charge in [-0.25, -0.2) is 9.18 Å². The van der Waals surface area contributed by atoms with Gasteiger partial charge in [-0.3, -0.25) is 0 Å². The van der Waals surface area contributed by atoms with Crippen LogP contribution in [0, 0.1) is 5.82 Å². The summed E-state index contributed by atoms with van der Waals surface area (Å²) < 4.78 is 23.8. The fourth-order valence-electron chi connectivity index (χ4n) is 2.78. The minimum absolute atomic E-state index is 0.0618. The van der Waals surface area contributed by atoms with Crippen LogP contribution in [0.2, 0.25) is 0 Å². The highest BCUT2D eigenvalue weighted by Gasteiger charge is 2.24. The van der Waals surface area contributed by atoms with Crippen LogP contribution in [0.3, 0.4) is 0 Å². The molecule has 1 N–H and O–H groups in total. The summed E-state index contributed by atoms with van der Waals surface area (Å²) in [5.41, 5.74) is 0.973. The highest BCUT2D eigenvalue weighted by molar-refractivity contribution is 5.68. The van der Waals surface area contributed by atoms with Gasteiger partial charge >= 0.3 is 6.09 Å². The molecule has 1 atom stereocenters. The topological polar surface area (TPSA) is 54.0 Å². The monoisotopic (exact) mass is 323 g/mol. The van der Waals surface area contributed by atoms with Gasteiger partial charge in [0.1, 0.15) is 18.5 Å². The van der Waals surface area contributed by atoms with Crippen LogP contribution < -0.4 is 10.2 Å². The van der Waals surface area contributed by atoms with E-state index >= 15 is 0 Å². The third kappa shape index (κ3) is 4.33. The van der Waals surface area contributed by atoms with E-state index in [1.54, 1.807) is 17.0 Å². The summed E-state index contributed by atoms with van der Waals surface area (Å²) in [4.78, 5) is 15.9. The molecular weight excluding hydrogens is 301 g/mol. The molecule has 2 aliphatic rings. The maximum atomic E-state index is 13.0. The summed E-state index contributed by atoms with van der Waals surface area (Å²) in [6.07, 6.45) is -0.355. The number of piperazine rings is 1. The zero-order valence-electron chi connectivity index (χ0n) is 13.0. The average Bonchev–Trinajstić information content (AvgIpc) is 2.61. The Hall–Kier alpha value is -1.86. The standard InChI is InChI=1S/C16H22FN3O3/c17-13-1-3-14(4-2-13)19-6-8-20(9-7-19)16(21)23-12-15-11-18-5-10-22-15/h1-4,15,18H,5-12H2/t15-/m1/s1. The number of halogens is 1. The van der Waals surface area contributed by atoms with E-state index in [1.807, 2.05) is 0 Å². The second-order valence-electron chi connectivity index (χ2n) is 5.72. The SMILES string of the molecule is O=C(OC[C@H]1CNCCO1)N1CCN(c2ccc(F)cc2)CC1. The van der Waals surface area contributed by atoms with E-state index in [2.05, 4.69) is 10.2 Å². The molecule has 1 amide bonds. The second kappa shape index (κ2) is 7.61. The third-order valence-electron chi connectivity index (χ3n) is 4.13. The van der Waals surface area contributed by atoms with Crippen LogP contribution in [0.15, 0.2) is 24.3 Å². The lowest BCUT2D eigenvalue weighted by molar-refractivity contribution is -0.0186. The average molecular weight is 323 g/mol. The molecule has 2 saturated heterocycles. The minimum Gasteiger partial charge on any atom is -0.447 e. The number of nitrogens with one attached hydrogen (secondary N) is 1. The molecule has 1 aromatic carbocycles. The van der Waals surface area contributed by atoms with Gasteiger partial charge < -0.3 is 24.6 Å². The number of rotatable bonds is 3. The molecule has 7 heteroatoms. The van der Waals surface area contributed by atoms with E-state index in [1.165, 1.54) is 12.1 Å². The number of carbonyl (C=O) groups excluding carboxylic acids is 1. The Labute approximate surface area is 135 Å². The number of ether oxygens (including phenoxy) is 2. The van der Waals surface area contributed by atoms with Gasteiger partial charge in [0, 0.05) is 45.0 Å². The second-order valence-corrected chi connectivity index (χ2v) is 5.72. The van der Waals surface area contributed by atoms with Crippen LogP contribution in [0.1, 0.15) is 0 Å². The Kier molecular flexibility index (Phi) is 5.30. The molecule has 0 spiro atoms. The van der Waals surface area contributed by atoms with E-state index in [-0.39, 0.29) is 24.6 Å². The van der Waals surface area contributed by atoms with Crippen LogP contribution in [-0.2, 0) is 9.47 Å². The van der Waals surface area contributed by atoms with Gasteiger partial charge in [-0.05, 0) is 24.3 Å². The molecule has 2 fully saturated rings. The lowest BCUT2D eigenvalue weighted by Gasteiger charge is -2.35. The molecule has 0 unspecified atom stereocenters. The smallest absolute Gasteiger partial charge is 0.409 e. The maximum absolute atomic E-state index is 13.0. The molecule has 6 nitrogen and oxygen atoms in total. The number of amides is 1. The number of hydrogen-bond donors (Lipinski definition) is 1. The van der Waals surface area contributed by atoms with Crippen molar-refractivity contribution in [1.29, 1.82) is 0 Å². The predicted molar refractivity (Wildman–Crippen MR) is 84.1 cm³/mol. The van der Waals surface area contributed by atoms with Crippen molar-refractivity contribution in [3.63, 3.8) is 0 Å². The van der Waals surface area contributed by atoms with Crippen LogP contribution in [0.4, 0.5) is 14.9 Å². The Morgan fingerprint density at radius 3 is 2.65 bits per heavy atom. The van der Waals surface area contributed by atoms with Crippen LogP contribution >= 0.6 is 0 Å². The van der Waals surface area contributed by atoms with Gasteiger partial charge in [0.05, 0.1) is 6.61 Å². The zero-order valence-corrected chi connectivity index (χ0v) is 13.0. The normalized spacial score (nSPS) is 22.0. The molecule has 2 aliphatic heterocycles. The Morgan fingerprint density at radius 1 is 1.26 bits per heavy atom. The number of morpholine rings is 1. The molecule has 0 aliphatic carbocycles. The molecule has 0 bridgehead atoms. The van der Waals surface area contributed by atoms with Crippen molar-refractivity contribution in [2.24, 2.45) is 0 Å². The number of carbonyl (C=O) groups is 1. The van der Waals surface area contributed by atoms with Gasteiger partial charge in [0.15, 0.2) is 0 Å². The maximum Gasteiger partial charge on any atom is 0.409 e. The molecule has 126 valence electrons. The molecular formula is C16H22FN3O3. The van der Waals surface area contributed by atoms with Gasteiger partial charge in [-0.1, -0.05) is 0 Å². The van der Waals surface area contributed by atoms with Gasteiger partial charge in [0.2, 0.25) is 0 Å². The summed E-state index contributed by atoms with van der Waals surface area (Å²) in [7, 11) is 0. The molecule has 3 rings (SSSR count). The predicted octanol–water partition coefficient (Wildman–Crippen LogP) is 1.07. The molecule has 2 heterocycles. The quantitative estimate of drug-likeness (QED) is 0.902. The lowest BCUT2D eigenvalue weighted by atomic mass is 10.2. The van der Waals surface area contributed by atoms with Crippen molar-refractivity contribution in [1.82, 2.24) is 10.2 Å². The first-order valence-electron chi connectivity index (χ1n) is 7.97. The third-order valence-corrected chi connectivity index (χ3v) is 4.13. The molecule has 0 radical (unpaired) electrons. The summed E-state index contributed by atoms with van der Waals surface area (Å²) in [6.45, 7) is 5.11. The van der Waals surface area contributed by atoms with Gasteiger partial charge in [-0.2, -0.15) is 0 Å². The van der Waals surface area contributed by atoms with Crippen molar-refractivity contribution >= 4 is 11.8 Å². The first kappa shape index (κ1) is 16.0. The van der Waals surface area contributed by atoms with E-state index in [9.17, 15) is 9.18 Å². The summed E-state index contributed by atoms with van der Waals surface area (Å²) in [5.74, 6) is -0.240. The fraction of sp³-hybridized carbons (Fsp3) is 0.562. The minimum atomic E-state index is -0.294.